The van der Waals surface area contributed by atoms with Gasteiger partial charge in [-0.2, -0.15) is 0 Å². The lowest BCUT2D eigenvalue weighted by atomic mass is 10.1. The fourth-order valence-corrected chi connectivity index (χ4v) is 3.54. The van der Waals surface area contributed by atoms with E-state index in [2.05, 4.69) is 5.32 Å². The van der Waals surface area contributed by atoms with Crippen molar-refractivity contribution in [2.24, 2.45) is 0 Å². The summed E-state index contributed by atoms with van der Waals surface area (Å²) in [5.41, 5.74) is 1.87. The minimum atomic E-state index is -0.0394. The van der Waals surface area contributed by atoms with Crippen LogP contribution in [0.5, 0.6) is 0 Å². The summed E-state index contributed by atoms with van der Waals surface area (Å²) >= 11 is 7.64. The predicted molar refractivity (Wildman–Crippen MR) is 98.8 cm³/mol. The molecule has 1 aliphatic heterocycles. The van der Waals surface area contributed by atoms with Crippen LogP contribution in [-0.2, 0) is 10.5 Å². The van der Waals surface area contributed by atoms with E-state index < -0.39 is 0 Å². The van der Waals surface area contributed by atoms with Gasteiger partial charge in [0.2, 0.25) is 0 Å². The maximum atomic E-state index is 12.1. The molecule has 2 aromatic carbocycles. The van der Waals surface area contributed by atoms with E-state index in [-0.39, 0.29) is 12.0 Å². The van der Waals surface area contributed by atoms with Crippen LogP contribution in [0.4, 0.5) is 0 Å². The Bertz CT molecular complexity index is 667. The molecule has 5 heteroatoms. The number of halogens is 1. The Morgan fingerprint density at radius 3 is 2.58 bits per heavy atom. The molecular formula is C19H20ClNO2S. The van der Waals surface area contributed by atoms with E-state index >= 15 is 0 Å². The van der Waals surface area contributed by atoms with Crippen molar-refractivity contribution < 1.29 is 9.53 Å². The SMILES string of the molecule is O=C(NCC1CCCO1)c1ccc(CSc2ccc(Cl)cc2)cc1. The number of thioether (sulfide) groups is 1. The molecule has 0 radical (unpaired) electrons. The Morgan fingerprint density at radius 1 is 1.17 bits per heavy atom. The zero-order chi connectivity index (χ0) is 16.8. The van der Waals surface area contributed by atoms with Gasteiger partial charge in [-0.3, -0.25) is 4.79 Å². The first kappa shape index (κ1) is 17.3. The maximum absolute atomic E-state index is 12.1. The van der Waals surface area contributed by atoms with Gasteiger partial charge in [-0.05, 0) is 54.8 Å². The molecule has 0 spiro atoms. The molecule has 1 atom stereocenters. The largest absolute Gasteiger partial charge is 0.376 e. The number of hydrogen-bond donors (Lipinski definition) is 1. The van der Waals surface area contributed by atoms with Crippen molar-refractivity contribution in [2.45, 2.75) is 29.6 Å². The first-order chi connectivity index (χ1) is 11.7. The normalized spacial score (nSPS) is 17.0. The van der Waals surface area contributed by atoms with E-state index in [9.17, 15) is 4.79 Å². The lowest BCUT2D eigenvalue weighted by molar-refractivity contribution is 0.0858. The highest BCUT2D eigenvalue weighted by Crippen LogP contribution is 2.24. The van der Waals surface area contributed by atoms with Crippen LogP contribution < -0.4 is 5.32 Å². The summed E-state index contributed by atoms with van der Waals surface area (Å²) in [7, 11) is 0. The third-order valence-electron chi connectivity index (χ3n) is 3.95. The Labute approximate surface area is 151 Å². The van der Waals surface area contributed by atoms with Crippen LogP contribution in [0.1, 0.15) is 28.8 Å². The van der Waals surface area contributed by atoms with Crippen molar-refractivity contribution >= 4 is 29.3 Å². The number of ether oxygens (including phenoxy) is 1. The van der Waals surface area contributed by atoms with E-state index in [4.69, 9.17) is 16.3 Å². The van der Waals surface area contributed by atoms with E-state index in [0.717, 1.165) is 30.2 Å². The van der Waals surface area contributed by atoms with Crippen molar-refractivity contribution in [3.8, 4) is 0 Å². The molecule has 0 aromatic heterocycles. The summed E-state index contributed by atoms with van der Waals surface area (Å²) in [6, 6.07) is 15.6. The van der Waals surface area contributed by atoms with E-state index in [1.54, 1.807) is 11.8 Å². The standard InChI is InChI=1S/C19H20ClNO2S/c20-16-7-9-18(10-8-16)24-13-14-3-5-15(6-4-14)19(22)21-12-17-2-1-11-23-17/h3-10,17H,1-2,11-13H2,(H,21,22). The first-order valence-corrected chi connectivity index (χ1v) is 9.44. The molecule has 3 rings (SSSR count). The lowest BCUT2D eigenvalue weighted by Crippen LogP contribution is -2.31. The molecule has 1 aliphatic rings. The number of benzene rings is 2. The number of rotatable bonds is 6. The minimum absolute atomic E-state index is 0.0394. The molecule has 1 saturated heterocycles. The van der Waals surface area contributed by atoms with Gasteiger partial charge < -0.3 is 10.1 Å². The number of carbonyl (C=O) groups is 1. The summed E-state index contributed by atoms with van der Waals surface area (Å²) in [4.78, 5) is 13.3. The Hall–Kier alpha value is -1.49. The number of amides is 1. The van der Waals surface area contributed by atoms with Crippen molar-refractivity contribution in [2.75, 3.05) is 13.2 Å². The average molecular weight is 362 g/mol. The number of nitrogens with one attached hydrogen (secondary N) is 1. The zero-order valence-corrected chi connectivity index (χ0v) is 14.9. The van der Waals surface area contributed by atoms with E-state index in [1.165, 1.54) is 10.5 Å². The lowest BCUT2D eigenvalue weighted by Gasteiger charge is -2.11. The summed E-state index contributed by atoms with van der Waals surface area (Å²) < 4.78 is 5.51. The summed E-state index contributed by atoms with van der Waals surface area (Å²) in [6.45, 7) is 1.40. The minimum Gasteiger partial charge on any atom is -0.376 e. The maximum Gasteiger partial charge on any atom is 0.251 e. The van der Waals surface area contributed by atoms with Crippen LogP contribution in [0.2, 0.25) is 5.02 Å². The molecule has 0 saturated carbocycles. The van der Waals surface area contributed by atoms with Gasteiger partial charge in [0.15, 0.2) is 0 Å². The van der Waals surface area contributed by atoms with Crippen LogP contribution in [0.15, 0.2) is 53.4 Å². The van der Waals surface area contributed by atoms with Crippen LogP contribution in [0.3, 0.4) is 0 Å². The fraction of sp³-hybridized carbons (Fsp3) is 0.316. The first-order valence-electron chi connectivity index (χ1n) is 8.08. The molecule has 1 amide bonds. The molecule has 1 heterocycles. The van der Waals surface area contributed by atoms with Crippen molar-refractivity contribution in [3.05, 3.63) is 64.7 Å². The van der Waals surface area contributed by atoms with Gasteiger partial charge in [0.05, 0.1) is 6.10 Å². The zero-order valence-electron chi connectivity index (χ0n) is 13.3. The van der Waals surface area contributed by atoms with E-state index in [1.807, 2.05) is 48.5 Å². The third kappa shape index (κ3) is 5.00. The Balaban J connectivity index is 1.48. The van der Waals surface area contributed by atoms with Crippen molar-refractivity contribution in [3.63, 3.8) is 0 Å². The second-order valence-electron chi connectivity index (χ2n) is 5.78. The third-order valence-corrected chi connectivity index (χ3v) is 5.28. The smallest absolute Gasteiger partial charge is 0.251 e. The second-order valence-corrected chi connectivity index (χ2v) is 7.27. The molecule has 1 N–H and O–H groups in total. The molecule has 0 bridgehead atoms. The van der Waals surface area contributed by atoms with Gasteiger partial charge in [0, 0.05) is 34.4 Å². The molecule has 126 valence electrons. The van der Waals surface area contributed by atoms with Gasteiger partial charge >= 0.3 is 0 Å². The second kappa shape index (κ2) is 8.56. The molecule has 24 heavy (non-hydrogen) atoms. The van der Waals surface area contributed by atoms with Crippen LogP contribution in [-0.4, -0.2) is 25.2 Å². The van der Waals surface area contributed by atoms with Gasteiger partial charge in [-0.15, -0.1) is 11.8 Å². The van der Waals surface area contributed by atoms with Crippen LogP contribution >= 0.6 is 23.4 Å². The summed E-state index contributed by atoms with van der Waals surface area (Å²) in [5, 5.41) is 3.69. The number of carbonyl (C=O) groups excluding carboxylic acids is 1. The predicted octanol–water partition coefficient (Wildman–Crippen LogP) is 4.54. The van der Waals surface area contributed by atoms with E-state index in [0.29, 0.717) is 12.1 Å². The average Bonchev–Trinajstić information content (AvgIpc) is 3.13. The molecule has 3 nitrogen and oxygen atoms in total. The highest BCUT2D eigenvalue weighted by Gasteiger charge is 2.16. The molecular weight excluding hydrogens is 342 g/mol. The quantitative estimate of drug-likeness (QED) is 0.767. The molecule has 2 aromatic rings. The monoisotopic (exact) mass is 361 g/mol. The molecule has 1 fully saturated rings. The van der Waals surface area contributed by atoms with Gasteiger partial charge in [0.25, 0.3) is 5.91 Å². The fourth-order valence-electron chi connectivity index (χ4n) is 2.56. The van der Waals surface area contributed by atoms with Crippen LogP contribution in [0, 0.1) is 0 Å². The highest BCUT2D eigenvalue weighted by atomic mass is 35.5. The summed E-state index contributed by atoms with van der Waals surface area (Å²) in [5.74, 6) is 0.821. The van der Waals surface area contributed by atoms with Crippen molar-refractivity contribution in [1.29, 1.82) is 0 Å². The molecule has 1 unspecified atom stereocenters. The molecule has 0 aliphatic carbocycles. The highest BCUT2D eigenvalue weighted by molar-refractivity contribution is 7.98. The van der Waals surface area contributed by atoms with Crippen LogP contribution in [0.25, 0.3) is 0 Å². The number of hydrogen-bond acceptors (Lipinski definition) is 3. The van der Waals surface area contributed by atoms with Gasteiger partial charge in [0.1, 0.15) is 0 Å². The Morgan fingerprint density at radius 2 is 1.92 bits per heavy atom. The van der Waals surface area contributed by atoms with Crippen molar-refractivity contribution in [1.82, 2.24) is 5.32 Å². The van der Waals surface area contributed by atoms with Gasteiger partial charge in [-0.1, -0.05) is 23.7 Å². The van der Waals surface area contributed by atoms with Gasteiger partial charge in [-0.25, -0.2) is 0 Å². The topological polar surface area (TPSA) is 38.3 Å². The summed E-state index contributed by atoms with van der Waals surface area (Å²) in [6.07, 6.45) is 2.28. The Kier molecular flexibility index (Phi) is 6.18.